The number of carbonyl (C=O) groups excluding carboxylic acids is 2. The average Bonchev–Trinajstić information content (AvgIpc) is 2.37. The highest BCUT2D eigenvalue weighted by Crippen LogP contribution is 2.32. The molecule has 1 fully saturated rings. The van der Waals surface area contributed by atoms with Crippen LogP contribution in [0.25, 0.3) is 0 Å². The van der Waals surface area contributed by atoms with E-state index in [1.54, 1.807) is 4.90 Å². The number of hydrogen-bond acceptors (Lipinski definition) is 3. The van der Waals surface area contributed by atoms with Crippen LogP contribution in [0, 0.1) is 6.92 Å². The molecule has 1 saturated heterocycles. The summed E-state index contributed by atoms with van der Waals surface area (Å²) in [5.41, 5.74) is 1.96. The maximum atomic E-state index is 12.1. The van der Waals surface area contributed by atoms with Crippen molar-refractivity contribution >= 4 is 49.4 Å². The van der Waals surface area contributed by atoms with E-state index in [9.17, 15) is 9.59 Å². The molecule has 0 saturated carbocycles. The van der Waals surface area contributed by atoms with Crippen LogP contribution >= 0.6 is 31.9 Å². The minimum absolute atomic E-state index is 0.0841. The number of rotatable bonds is 3. The van der Waals surface area contributed by atoms with Crippen molar-refractivity contribution in [2.24, 2.45) is 0 Å². The molecule has 0 aromatic heterocycles. The van der Waals surface area contributed by atoms with Gasteiger partial charge in [-0.15, -0.1) is 0 Å². The monoisotopic (exact) mass is 403 g/mol. The molecule has 2 amide bonds. The minimum atomic E-state index is -0.109. The zero-order valence-electron chi connectivity index (χ0n) is 11.0. The summed E-state index contributed by atoms with van der Waals surface area (Å²) in [6.45, 7) is 3.37. The van der Waals surface area contributed by atoms with Gasteiger partial charge in [0.05, 0.1) is 18.8 Å². The third kappa shape index (κ3) is 3.73. The zero-order chi connectivity index (χ0) is 14.7. The van der Waals surface area contributed by atoms with Gasteiger partial charge in [0, 0.05) is 22.0 Å². The summed E-state index contributed by atoms with van der Waals surface area (Å²) < 4.78 is 1.79. The first-order valence-electron chi connectivity index (χ1n) is 6.21. The molecular weight excluding hydrogens is 390 g/mol. The highest BCUT2D eigenvalue weighted by Gasteiger charge is 2.21. The number of carbonyl (C=O) groups is 2. The highest BCUT2D eigenvalue weighted by atomic mass is 79.9. The maximum absolute atomic E-state index is 12.1. The molecule has 108 valence electrons. The number of nitrogens with one attached hydrogen (secondary N) is 2. The molecule has 1 aliphatic rings. The van der Waals surface area contributed by atoms with Gasteiger partial charge in [-0.25, -0.2) is 0 Å². The lowest BCUT2D eigenvalue weighted by molar-refractivity contribution is -0.136. The van der Waals surface area contributed by atoms with Gasteiger partial charge in [0.1, 0.15) is 0 Å². The Labute approximate surface area is 134 Å². The average molecular weight is 405 g/mol. The Morgan fingerprint density at radius 2 is 2.05 bits per heavy atom. The highest BCUT2D eigenvalue weighted by molar-refractivity contribution is 9.11. The second kappa shape index (κ2) is 6.58. The molecule has 0 atom stereocenters. The fourth-order valence-corrected chi connectivity index (χ4v) is 3.69. The van der Waals surface area contributed by atoms with Crippen LogP contribution in [0.3, 0.4) is 0 Å². The van der Waals surface area contributed by atoms with Crippen molar-refractivity contribution in [2.45, 2.75) is 6.92 Å². The van der Waals surface area contributed by atoms with Crippen LogP contribution in [0.1, 0.15) is 5.56 Å². The van der Waals surface area contributed by atoms with E-state index in [1.165, 1.54) is 0 Å². The Morgan fingerprint density at radius 1 is 1.40 bits per heavy atom. The van der Waals surface area contributed by atoms with E-state index in [1.807, 2.05) is 19.1 Å². The fourth-order valence-electron chi connectivity index (χ4n) is 2.00. The summed E-state index contributed by atoms with van der Waals surface area (Å²) in [4.78, 5) is 24.9. The molecule has 1 heterocycles. The smallest absolute Gasteiger partial charge is 0.242 e. The van der Waals surface area contributed by atoms with Crippen molar-refractivity contribution in [3.63, 3.8) is 0 Å². The van der Waals surface area contributed by atoms with Crippen LogP contribution in [0.5, 0.6) is 0 Å². The quantitative estimate of drug-likeness (QED) is 0.808. The summed E-state index contributed by atoms with van der Waals surface area (Å²) in [6.07, 6.45) is 0. The first-order valence-corrected chi connectivity index (χ1v) is 7.80. The number of piperazine rings is 1. The van der Waals surface area contributed by atoms with Crippen LogP contribution in [-0.4, -0.2) is 42.9 Å². The Balaban J connectivity index is 1.98. The predicted octanol–water partition coefficient (Wildman–Crippen LogP) is 1.89. The van der Waals surface area contributed by atoms with Gasteiger partial charge in [0.25, 0.3) is 0 Å². The van der Waals surface area contributed by atoms with E-state index >= 15 is 0 Å². The van der Waals surface area contributed by atoms with Gasteiger partial charge < -0.3 is 15.5 Å². The molecule has 20 heavy (non-hydrogen) atoms. The molecule has 2 rings (SSSR count). The summed E-state index contributed by atoms with van der Waals surface area (Å²) in [5.74, 6) is -0.193. The predicted molar refractivity (Wildman–Crippen MR) is 84.7 cm³/mol. The topological polar surface area (TPSA) is 61.4 Å². The molecule has 0 unspecified atom stereocenters. The molecular formula is C13H15Br2N3O2. The molecule has 2 N–H and O–H groups in total. The number of anilines is 1. The number of benzene rings is 1. The van der Waals surface area contributed by atoms with Gasteiger partial charge in [0.2, 0.25) is 11.8 Å². The Bertz CT molecular complexity index is 525. The van der Waals surface area contributed by atoms with Crippen molar-refractivity contribution in [1.29, 1.82) is 0 Å². The van der Waals surface area contributed by atoms with Crippen molar-refractivity contribution < 1.29 is 9.59 Å². The van der Waals surface area contributed by atoms with Crippen LogP contribution in [-0.2, 0) is 9.59 Å². The lowest BCUT2D eigenvalue weighted by Gasteiger charge is -2.27. The van der Waals surface area contributed by atoms with Crippen molar-refractivity contribution in [3.05, 3.63) is 26.6 Å². The third-order valence-corrected chi connectivity index (χ3v) is 4.24. The van der Waals surface area contributed by atoms with Crippen LogP contribution in [0.15, 0.2) is 21.1 Å². The lowest BCUT2D eigenvalue weighted by atomic mass is 10.2. The van der Waals surface area contributed by atoms with Gasteiger partial charge in [-0.3, -0.25) is 9.59 Å². The van der Waals surface area contributed by atoms with Gasteiger partial charge in [-0.05, 0) is 56.5 Å². The second-order valence-electron chi connectivity index (χ2n) is 4.62. The third-order valence-electron chi connectivity index (χ3n) is 2.99. The molecule has 1 aromatic carbocycles. The second-order valence-corrected chi connectivity index (χ2v) is 6.33. The largest absolute Gasteiger partial charge is 0.374 e. The molecule has 7 heteroatoms. The molecule has 0 aliphatic carbocycles. The molecule has 1 aliphatic heterocycles. The fraction of sp³-hybridized carbons (Fsp3) is 0.385. The number of hydrogen-bond donors (Lipinski definition) is 2. The summed E-state index contributed by atoms with van der Waals surface area (Å²) >= 11 is 6.94. The molecule has 0 radical (unpaired) electrons. The molecule has 0 bridgehead atoms. The SMILES string of the molecule is Cc1cc(Br)c(NCC(=O)N2CCNC(=O)C2)c(Br)c1. The van der Waals surface area contributed by atoms with Crippen molar-refractivity contribution in [2.75, 3.05) is 31.5 Å². The number of nitrogens with zero attached hydrogens (tertiary/aromatic N) is 1. The Hall–Kier alpha value is -1.08. The lowest BCUT2D eigenvalue weighted by Crippen LogP contribution is -2.51. The first-order chi connectivity index (χ1) is 9.47. The van der Waals surface area contributed by atoms with E-state index in [-0.39, 0.29) is 24.9 Å². The summed E-state index contributed by atoms with van der Waals surface area (Å²) in [7, 11) is 0. The van der Waals surface area contributed by atoms with Crippen molar-refractivity contribution in [3.8, 4) is 0 Å². The maximum Gasteiger partial charge on any atom is 0.242 e. The summed E-state index contributed by atoms with van der Waals surface area (Å²) in [5, 5.41) is 5.80. The van der Waals surface area contributed by atoms with Crippen molar-refractivity contribution in [1.82, 2.24) is 10.2 Å². The van der Waals surface area contributed by atoms with E-state index in [0.717, 1.165) is 20.2 Å². The number of aryl methyl sites for hydroxylation is 1. The van der Waals surface area contributed by atoms with Gasteiger partial charge in [-0.1, -0.05) is 0 Å². The number of amides is 2. The Morgan fingerprint density at radius 3 is 2.65 bits per heavy atom. The van der Waals surface area contributed by atoms with E-state index in [0.29, 0.717) is 13.1 Å². The zero-order valence-corrected chi connectivity index (χ0v) is 14.2. The summed E-state index contributed by atoms with van der Waals surface area (Å²) in [6, 6.07) is 3.96. The number of halogens is 2. The van der Waals surface area contributed by atoms with Gasteiger partial charge >= 0.3 is 0 Å². The normalized spacial score (nSPS) is 14.9. The van der Waals surface area contributed by atoms with Crippen LogP contribution in [0.2, 0.25) is 0 Å². The van der Waals surface area contributed by atoms with E-state index in [4.69, 9.17) is 0 Å². The Kier molecular flexibility index (Phi) is 5.04. The first kappa shape index (κ1) is 15.3. The molecule has 0 spiro atoms. The van der Waals surface area contributed by atoms with Crippen LogP contribution < -0.4 is 10.6 Å². The van der Waals surface area contributed by atoms with Crippen LogP contribution in [0.4, 0.5) is 5.69 Å². The molecule has 5 nitrogen and oxygen atoms in total. The minimum Gasteiger partial charge on any atom is -0.374 e. The standard InChI is InChI=1S/C13H15Br2N3O2/c1-8-4-9(14)13(10(15)5-8)17-6-12(20)18-3-2-16-11(19)7-18/h4-5,17H,2-3,6-7H2,1H3,(H,16,19). The van der Waals surface area contributed by atoms with E-state index < -0.39 is 0 Å². The molecule has 1 aromatic rings. The van der Waals surface area contributed by atoms with E-state index in [2.05, 4.69) is 42.5 Å². The van der Waals surface area contributed by atoms with Gasteiger partial charge in [0.15, 0.2) is 0 Å². The van der Waals surface area contributed by atoms with Gasteiger partial charge in [-0.2, -0.15) is 0 Å².